The lowest BCUT2D eigenvalue weighted by molar-refractivity contribution is -0.306. The molecule has 1 aromatic rings. The van der Waals surface area contributed by atoms with Gasteiger partial charge in [-0.2, -0.15) is 0 Å². The second-order valence-electron chi connectivity index (χ2n) is 3.66. The van der Waals surface area contributed by atoms with Crippen LogP contribution in [0.15, 0.2) is 22.7 Å². The van der Waals surface area contributed by atoms with Crippen molar-refractivity contribution in [2.45, 2.75) is 13.0 Å². The first-order valence-corrected chi connectivity index (χ1v) is 5.61. The van der Waals surface area contributed by atoms with E-state index in [1.165, 1.54) is 19.1 Å². The Morgan fingerprint density at radius 3 is 2.65 bits per heavy atom. The molecule has 1 atom stereocenters. The molecular formula is C11H7BrNO4-. The minimum atomic E-state index is -1.40. The second kappa shape index (κ2) is 3.96. The van der Waals surface area contributed by atoms with E-state index >= 15 is 0 Å². The summed E-state index contributed by atoms with van der Waals surface area (Å²) in [4.78, 5) is 35.1. The average molecular weight is 297 g/mol. The van der Waals surface area contributed by atoms with Gasteiger partial charge in [0.1, 0.15) is 0 Å². The molecule has 1 aliphatic heterocycles. The molecule has 0 aliphatic carbocycles. The van der Waals surface area contributed by atoms with Crippen LogP contribution in [0.5, 0.6) is 0 Å². The van der Waals surface area contributed by atoms with Gasteiger partial charge < -0.3 is 9.90 Å². The molecule has 0 aromatic heterocycles. The van der Waals surface area contributed by atoms with Crippen LogP contribution in [0, 0.1) is 0 Å². The van der Waals surface area contributed by atoms with Crippen LogP contribution >= 0.6 is 15.9 Å². The van der Waals surface area contributed by atoms with Crippen molar-refractivity contribution in [2.75, 3.05) is 4.90 Å². The van der Waals surface area contributed by atoms with Gasteiger partial charge in [0.25, 0.3) is 11.7 Å². The Bertz CT molecular complexity index is 540. The number of rotatable bonds is 2. The van der Waals surface area contributed by atoms with Crippen molar-refractivity contribution >= 4 is 39.3 Å². The predicted octanol–water partition coefficient (Wildman–Crippen LogP) is 0.117. The molecule has 1 amide bonds. The van der Waals surface area contributed by atoms with Gasteiger partial charge in [-0.25, -0.2) is 0 Å². The third kappa shape index (κ3) is 1.74. The second-order valence-corrected chi connectivity index (χ2v) is 4.58. The maximum atomic E-state index is 11.7. The number of carboxylic acids is 1. The largest absolute Gasteiger partial charge is 0.548 e. The van der Waals surface area contributed by atoms with Crippen LogP contribution < -0.4 is 10.0 Å². The number of anilines is 1. The van der Waals surface area contributed by atoms with Gasteiger partial charge in [-0.1, -0.05) is 15.9 Å². The fraction of sp³-hybridized carbons (Fsp3) is 0.182. The minimum absolute atomic E-state index is 0.206. The van der Waals surface area contributed by atoms with Gasteiger partial charge in [0.05, 0.1) is 23.3 Å². The van der Waals surface area contributed by atoms with Gasteiger partial charge in [0.2, 0.25) is 0 Å². The highest BCUT2D eigenvalue weighted by Gasteiger charge is 2.38. The molecule has 88 valence electrons. The SMILES string of the molecule is C[C@H](C(=O)[O-])N1C(=O)C(=O)c2cc(Br)ccc21. The normalized spacial score (nSPS) is 16.0. The van der Waals surface area contributed by atoms with Crippen LogP contribution in [0.25, 0.3) is 0 Å². The fourth-order valence-corrected chi connectivity index (χ4v) is 2.09. The number of halogens is 1. The van der Waals surface area contributed by atoms with E-state index in [2.05, 4.69) is 15.9 Å². The molecule has 0 unspecified atom stereocenters. The molecule has 6 heteroatoms. The number of ketones is 1. The van der Waals surface area contributed by atoms with Crippen molar-refractivity contribution in [3.05, 3.63) is 28.2 Å². The zero-order chi connectivity index (χ0) is 12.7. The lowest BCUT2D eigenvalue weighted by Gasteiger charge is -2.25. The highest BCUT2D eigenvalue weighted by Crippen LogP contribution is 2.32. The van der Waals surface area contributed by atoms with Crippen LogP contribution in [0.2, 0.25) is 0 Å². The first-order valence-electron chi connectivity index (χ1n) is 4.81. The summed E-state index contributed by atoms with van der Waals surface area (Å²) in [7, 11) is 0. The molecule has 2 rings (SSSR count). The number of fused-ring (bicyclic) bond motifs is 1. The van der Waals surface area contributed by atoms with Crippen LogP contribution in [0.3, 0.4) is 0 Å². The minimum Gasteiger partial charge on any atom is -0.548 e. The topological polar surface area (TPSA) is 77.5 Å². The summed E-state index contributed by atoms with van der Waals surface area (Å²) in [6.07, 6.45) is 0. The van der Waals surface area contributed by atoms with Gasteiger partial charge in [0, 0.05) is 4.47 Å². The van der Waals surface area contributed by atoms with Gasteiger partial charge >= 0.3 is 0 Å². The smallest absolute Gasteiger partial charge is 0.300 e. The van der Waals surface area contributed by atoms with Gasteiger partial charge in [-0.15, -0.1) is 0 Å². The summed E-state index contributed by atoms with van der Waals surface area (Å²) in [5, 5.41) is 10.8. The number of hydrogen-bond acceptors (Lipinski definition) is 4. The van der Waals surface area contributed by atoms with E-state index in [1.54, 1.807) is 6.07 Å². The van der Waals surface area contributed by atoms with Crippen molar-refractivity contribution in [2.24, 2.45) is 0 Å². The molecule has 1 aromatic carbocycles. The molecule has 5 nitrogen and oxygen atoms in total. The van der Waals surface area contributed by atoms with Crippen LogP contribution in [0.4, 0.5) is 5.69 Å². The van der Waals surface area contributed by atoms with Gasteiger partial charge in [-0.3, -0.25) is 14.5 Å². The molecular weight excluding hydrogens is 290 g/mol. The Morgan fingerprint density at radius 1 is 1.41 bits per heavy atom. The molecule has 0 saturated heterocycles. The van der Waals surface area contributed by atoms with E-state index in [-0.39, 0.29) is 5.56 Å². The van der Waals surface area contributed by atoms with Crippen LogP contribution in [-0.4, -0.2) is 23.7 Å². The van der Waals surface area contributed by atoms with E-state index in [9.17, 15) is 19.5 Å². The summed E-state index contributed by atoms with van der Waals surface area (Å²) in [5.74, 6) is -2.94. The van der Waals surface area contributed by atoms with Crippen molar-refractivity contribution in [3.63, 3.8) is 0 Å². The molecule has 0 radical (unpaired) electrons. The van der Waals surface area contributed by atoms with Crippen molar-refractivity contribution in [1.29, 1.82) is 0 Å². The zero-order valence-corrected chi connectivity index (χ0v) is 10.4. The Balaban J connectivity index is 2.56. The number of carbonyl (C=O) groups excluding carboxylic acids is 3. The Kier molecular flexibility index (Phi) is 2.74. The molecule has 1 aliphatic rings. The number of benzene rings is 1. The number of amides is 1. The lowest BCUT2D eigenvalue weighted by Crippen LogP contribution is -2.48. The summed E-state index contributed by atoms with van der Waals surface area (Å²) < 4.78 is 0.653. The third-order valence-corrected chi connectivity index (χ3v) is 3.10. The third-order valence-electron chi connectivity index (χ3n) is 2.60. The number of nitrogens with zero attached hydrogens (tertiary/aromatic N) is 1. The summed E-state index contributed by atoms with van der Waals surface area (Å²) >= 11 is 3.19. The molecule has 0 spiro atoms. The summed E-state index contributed by atoms with van der Waals surface area (Å²) in [5.41, 5.74) is 0.511. The molecule has 0 fully saturated rings. The number of hydrogen-bond donors (Lipinski definition) is 0. The molecule has 1 heterocycles. The van der Waals surface area contributed by atoms with Crippen molar-refractivity contribution in [3.8, 4) is 0 Å². The van der Waals surface area contributed by atoms with Gasteiger partial charge in [-0.05, 0) is 25.1 Å². The molecule has 0 bridgehead atoms. The Labute approximate surface area is 105 Å². The van der Waals surface area contributed by atoms with Crippen molar-refractivity contribution < 1.29 is 19.5 Å². The van der Waals surface area contributed by atoms with E-state index < -0.39 is 23.7 Å². The number of Topliss-reactive ketones (excluding diaryl/α,β-unsaturated/α-hetero) is 1. The standard InChI is InChI=1S/C11H8BrNO4/c1-5(11(16)17)13-8-3-2-6(12)4-7(8)9(14)10(13)15/h2-5H,1H3,(H,16,17)/p-1/t5-/m1/s1. The van der Waals surface area contributed by atoms with E-state index in [0.29, 0.717) is 10.2 Å². The quantitative estimate of drug-likeness (QED) is 0.726. The van der Waals surface area contributed by atoms with E-state index in [0.717, 1.165) is 4.90 Å². The number of carboxylic acid groups (broad SMARTS) is 1. The van der Waals surface area contributed by atoms with Crippen LogP contribution in [0.1, 0.15) is 17.3 Å². The summed E-state index contributed by atoms with van der Waals surface area (Å²) in [6.45, 7) is 1.30. The number of carbonyl (C=O) groups is 3. The van der Waals surface area contributed by atoms with Gasteiger partial charge in [0.15, 0.2) is 0 Å². The Morgan fingerprint density at radius 2 is 2.06 bits per heavy atom. The average Bonchev–Trinajstić information content (AvgIpc) is 2.51. The van der Waals surface area contributed by atoms with Crippen molar-refractivity contribution in [1.82, 2.24) is 0 Å². The van der Waals surface area contributed by atoms with E-state index in [1.807, 2.05) is 0 Å². The fourth-order valence-electron chi connectivity index (χ4n) is 1.72. The maximum Gasteiger partial charge on any atom is 0.300 e. The zero-order valence-electron chi connectivity index (χ0n) is 8.77. The Hall–Kier alpha value is -1.69. The summed E-state index contributed by atoms with van der Waals surface area (Å²) in [6, 6.07) is 3.49. The highest BCUT2D eigenvalue weighted by atomic mass is 79.9. The number of aliphatic carboxylic acids is 1. The van der Waals surface area contributed by atoms with Crippen LogP contribution in [-0.2, 0) is 9.59 Å². The maximum absolute atomic E-state index is 11.7. The first kappa shape index (κ1) is 11.8. The molecule has 0 N–H and O–H groups in total. The van der Waals surface area contributed by atoms with E-state index in [4.69, 9.17) is 0 Å². The molecule has 17 heavy (non-hydrogen) atoms. The predicted molar refractivity (Wildman–Crippen MR) is 60.4 cm³/mol. The first-order chi connectivity index (χ1) is 7.93. The monoisotopic (exact) mass is 296 g/mol. The lowest BCUT2D eigenvalue weighted by atomic mass is 10.1. The highest BCUT2D eigenvalue weighted by molar-refractivity contribution is 9.10. The molecule has 0 saturated carbocycles.